The monoisotopic (exact) mass is 495 g/mol. The summed E-state index contributed by atoms with van der Waals surface area (Å²) in [5.74, 6) is -0.0236. The first-order valence-electron chi connectivity index (χ1n) is 12.4. The summed E-state index contributed by atoms with van der Waals surface area (Å²) in [7, 11) is 0. The minimum absolute atomic E-state index is 0.00717. The smallest absolute Gasteiger partial charge is 0.326 e. The Morgan fingerprint density at radius 3 is 2.09 bits per heavy atom. The molecule has 1 amide bonds. The van der Waals surface area contributed by atoms with E-state index in [0.717, 1.165) is 37.4 Å². The second-order valence-corrected chi connectivity index (χ2v) is 11.3. The van der Waals surface area contributed by atoms with Crippen molar-refractivity contribution in [2.75, 3.05) is 12.3 Å². The van der Waals surface area contributed by atoms with Crippen molar-refractivity contribution in [1.29, 1.82) is 0 Å². The Hall–Kier alpha value is -2.60. The zero-order valence-corrected chi connectivity index (χ0v) is 22.1. The third kappa shape index (κ3) is 8.24. The molecule has 1 fully saturated rings. The van der Waals surface area contributed by atoms with Gasteiger partial charge in [-0.1, -0.05) is 79.3 Å². The van der Waals surface area contributed by atoms with Crippen LogP contribution >= 0.6 is 11.8 Å². The zero-order chi connectivity index (χ0) is 25.4. The molecule has 2 aromatic rings. The van der Waals surface area contributed by atoms with Crippen LogP contribution in [0.1, 0.15) is 75.2 Å². The first kappa shape index (κ1) is 27.0. The van der Waals surface area contributed by atoms with Gasteiger partial charge in [-0.25, -0.2) is 0 Å². The zero-order valence-electron chi connectivity index (χ0n) is 21.2. The highest BCUT2D eigenvalue weighted by molar-refractivity contribution is 8.14. The Kier molecular flexibility index (Phi) is 9.55. The molecule has 0 aromatic heterocycles. The van der Waals surface area contributed by atoms with Crippen LogP contribution in [0, 0.1) is 5.92 Å². The minimum atomic E-state index is -0.611. The van der Waals surface area contributed by atoms with Crippen LogP contribution in [0.4, 0.5) is 0 Å². The molecule has 1 aliphatic rings. The number of rotatable bonds is 8. The largest absolute Gasteiger partial charge is 0.459 e. The molecule has 0 spiro atoms. The first-order chi connectivity index (χ1) is 16.6. The van der Waals surface area contributed by atoms with E-state index in [0.29, 0.717) is 17.2 Å². The summed E-state index contributed by atoms with van der Waals surface area (Å²) < 4.78 is 5.54. The molecule has 0 unspecified atom stereocenters. The van der Waals surface area contributed by atoms with E-state index in [4.69, 9.17) is 4.74 Å². The van der Waals surface area contributed by atoms with Crippen LogP contribution < -0.4 is 0 Å². The number of hydrogen-bond acceptors (Lipinski definition) is 5. The van der Waals surface area contributed by atoms with Gasteiger partial charge >= 0.3 is 5.97 Å². The Balaban J connectivity index is 1.65. The van der Waals surface area contributed by atoms with E-state index in [1.54, 1.807) is 17.0 Å². The molecule has 1 aliphatic carbocycles. The third-order valence-electron chi connectivity index (χ3n) is 6.31. The van der Waals surface area contributed by atoms with Crippen LogP contribution in [-0.2, 0) is 14.3 Å². The normalized spacial score (nSPS) is 19.0. The SMILES string of the molecule is C[C@H](CSC(=O)c1ccccc1)C(=O)N(CC(=O)OC(C)(C)C)C1CCC(c2ccccc2)CC1. The van der Waals surface area contributed by atoms with Crippen molar-refractivity contribution in [3.05, 3.63) is 71.8 Å². The molecule has 188 valence electrons. The van der Waals surface area contributed by atoms with Crippen molar-refractivity contribution >= 4 is 28.8 Å². The van der Waals surface area contributed by atoms with Crippen molar-refractivity contribution < 1.29 is 19.1 Å². The molecule has 0 N–H and O–H groups in total. The summed E-state index contributed by atoms with van der Waals surface area (Å²) >= 11 is 1.15. The molecule has 0 saturated heterocycles. The molecule has 0 aliphatic heterocycles. The maximum atomic E-state index is 13.5. The van der Waals surface area contributed by atoms with E-state index >= 15 is 0 Å². The maximum Gasteiger partial charge on any atom is 0.326 e. The standard InChI is InChI=1S/C29H37NO4S/c1-21(20-35-28(33)24-13-9-6-10-14-24)27(32)30(19-26(31)34-29(2,3)4)25-17-15-23(16-18-25)22-11-7-5-8-12-22/h5-14,21,23,25H,15-20H2,1-4H3/t21-,23?,25?/m1/s1. The summed E-state index contributed by atoms with van der Waals surface area (Å²) in [6.45, 7) is 7.27. The van der Waals surface area contributed by atoms with Gasteiger partial charge in [-0.15, -0.1) is 0 Å². The van der Waals surface area contributed by atoms with Crippen molar-refractivity contribution in [1.82, 2.24) is 4.90 Å². The fourth-order valence-corrected chi connectivity index (χ4v) is 5.41. The third-order valence-corrected chi connectivity index (χ3v) is 7.47. The van der Waals surface area contributed by atoms with Crippen LogP contribution in [0.5, 0.6) is 0 Å². The van der Waals surface area contributed by atoms with Crippen molar-refractivity contribution in [2.45, 2.75) is 70.9 Å². The molecular formula is C29H37NO4S. The van der Waals surface area contributed by atoms with Gasteiger partial charge in [0.1, 0.15) is 12.1 Å². The summed E-state index contributed by atoms with van der Waals surface area (Å²) in [5, 5.41) is -0.0488. The lowest BCUT2D eigenvalue weighted by Gasteiger charge is -2.38. The van der Waals surface area contributed by atoms with Crippen molar-refractivity contribution in [3.63, 3.8) is 0 Å². The van der Waals surface area contributed by atoms with E-state index < -0.39 is 11.6 Å². The second kappa shape index (κ2) is 12.4. The predicted molar refractivity (Wildman–Crippen MR) is 141 cm³/mol. The molecular weight excluding hydrogens is 458 g/mol. The highest BCUT2D eigenvalue weighted by Gasteiger charge is 2.34. The van der Waals surface area contributed by atoms with Gasteiger partial charge in [-0.2, -0.15) is 0 Å². The molecule has 0 radical (unpaired) electrons. The molecule has 1 saturated carbocycles. The minimum Gasteiger partial charge on any atom is -0.459 e. The number of hydrogen-bond donors (Lipinski definition) is 0. The number of carbonyl (C=O) groups excluding carboxylic acids is 3. The summed E-state index contributed by atoms with van der Waals surface area (Å²) in [4.78, 5) is 40.5. The number of amides is 1. The lowest BCUT2D eigenvalue weighted by Crippen LogP contribution is -2.48. The second-order valence-electron chi connectivity index (χ2n) is 10.3. The summed E-state index contributed by atoms with van der Waals surface area (Å²) in [6.07, 6.45) is 3.64. The van der Waals surface area contributed by atoms with Crippen molar-refractivity contribution in [2.24, 2.45) is 5.92 Å². The van der Waals surface area contributed by atoms with E-state index in [-0.39, 0.29) is 29.5 Å². The number of nitrogens with zero attached hydrogens (tertiary/aromatic N) is 1. The number of esters is 1. The van der Waals surface area contributed by atoms with Gasteiger partial charge in [0, 0.05) is 23.3 Å². The van der Waals surface area contributed by atoms with Crippen LogP contribution in [0.25, 0.3) is 0 Å². The average Bonchev–Trinajstić information content (AvgIpc) is 2.85. The Morgan fingerprint density at radius 1 is 0.943 bits per heavy atom. The molecule has 2 aromatic carbocycles. The van der Waals surface area contributed by atoms with Crippen LogP contribution in [0.3, 0.4) is 0 Å². The lowest BCUT2D eigenvalue weighted by atomic mass is 9.81. The number of thioether (sulfide) groups is 1. The Labute approximate surface area is 213 Å². The Bertz CT molecular complexity index is 979. The van der Waals surface area contributed by atoms with Gasteiger partial charge in [0.15, 0.2) is 0 Å². The van der Waals surface area contributed by atoms with E-state index in [9.17, 15) is 14.4 Å². The fraction of sp³-hybridized carbons (Fsp3) is 0.483. The van der Waals surface area contributed by atoms with Gasteiger partial charge < -0.3 is 9.64 Å². The van der Waals surface area contributed by atoms with E-state index in [2.05, 4.69) is 24.3 Å². The average molecular weight is 496 g/mol. The maximum absolute atomic E-state index is 13.5. The molecule has 3 rings (SSSR count). The van der Waals surface area contributed by atoms with E-state index in [1.807, 2.05) is 52.0 Å². The first-order valence-corrected chi connectivity index (χ1v) is 13.4. The van der Waals surface area contributed by atoms with Gasteiger partial charge in [0.25, 0.3) is 0 Å². The molecule has 35 heavy (non-hydrogen) atoms. The van der Waals surface area contributed by atoms with Gasteiger partial charge in [-0.3, -0.25) is 14.4 Å². The topological polar surface area (TPSA) is 63.7 Å². The number of carbonyl (C=O) groups is 3. The quantitative estimate of drug-likeness (QED) is 0.415. The number of ether oxygens (including phenoxy) is 1. The summed E-state index contributed by atoms with van der Waals surface area (Å²) in [6, 6.07) is 19.6. The molecule has 1 atom stereocenters. The predicted octanol–water partition coefficient (Wildman–Crippen LogP) is 6.09. The highest BCUT2D eigenvalue weighted by Crippen LogP contribution is 2.35. The van der Waals surface area contributed by atoms with Gasteiger partial charge in [0.05, 0.1) is 0 Å². The molecule has 0 bridgehead atoms. The molecule has 0 heterocycles. The molecule has 6 heteroatoms. The van der Waals surface area contributed by atoms with E-state index in [1.165, 1.54) is 5.56 Å². The highest BCUT2D eigenvalue weighted by atomic mass is 32.2. The van der Waals surface area contributed by atoms with Crippen LogP contribution in [0.2, 0.25) is 0 Å². The van der Waals surface area contributed by atoms with Gasteiger partial charge in [0.2, 0.25) is 11.0 Å². The van der Waals surface area contributed by atoms with Crippen molar-refractivity contribution in [3.8, 4) is 0 Å². The van der Waals surface area contributed by atoms with Gasteiger partial charge in [-0.05, 0) is 57.9 Å². The lowest BCUT2D eigenvalue weighted by molar-refractivity contribution is -0.161. The fourth-order valence-electron chi connectivity index (χ4n) is 4.56. The molecule has 5 nitrogen and oxygen atoms in total. The number of benzene rings is 2. The van der Waals surface area contributed by atoms with Crippen LogP contribution in [-0.4, -0.2) is 45.8 Å². The summed E-state index contributed by atoms with van der Waals surface area (Å²) in [5.41, 5.74) is 1.35. The van der Waals surface area contributed by atoms with Crippen LogP contribution in [0.15, 0.2) is 60.7 Å². The Morgan fingerprint density at radius 2 is 1.51 bits per heavy atom.